The van der Waals surface area contributed by atoms with Crippen LogP contribution in [0.5, 0.6) is 0 Å². The average molecular weight is 742 g/mol. The van der Waals surface area contributed by atoms with Gasteiger partial charge in [-0.2, -0.15) is 0 Å². The molecular formula is C56H55N. The van der Waals surface area contributed by atoms with Gasteiger partial charge in [-0.15, -0.1) is 0 Å². The molecule has 0 N–H and O–H groups in total. The number of fused-ring (bicyclic) bond motifs is 13. The van der Waals surface area contributed by atoms with Crippen LogP contribution < -0.4 is 4.90 Å². The van der Waals surface area contributed by atoms with Crippen LogP contribution in [0, 0.1) is 5.92 Å². The van der Waals surface area contributed by atoms with Crippen molar-refractivity contribution in [3.63, 3.8) is 0 Å². The van der Waals surface area contributed by atoms with Gasteiger partial charge in [-0.05, 0) is 137 Å². The number of benzene rings is 6. The molecule has 1 spiro atoms. The molecule has 0 saturated heterocycles. The topological polar surface area (TPSA) is 3.24 Å². The molecule has 0 saturated carbocycles. The van der Waals surface area contributed by atoms with Crippen molar-refractivity contribution in [2.24, 2.45) is 5.92 Å². The normalized spacial score (nSPS) is 18.8. The molecule has 0 bridgehead atoms. The molecule has 0 radical (unpaired) electrons. The molecule has 6 aromatic rings. The third-order valence-electron chi connectivity index (χ3n) is 14.1. The Balaban J connectivity index is 1.25. The van der Waals surface area contributed by atoms with E-state index < -0.39 is 5.41 Å². The van der Waals surface area contributed by atoms with Gasteiger partial charge >= 0.3 is 0 Å². The summed E-state index contributed by atoms with van der Waals surface area (Å²) in [6, 6.07) is 47.8. The first-order chi connectivity index (χ1) is 27.2. The molecular weight excluding hydrogens is 687 g/mol. The summed E-state index contributed by atoms with van der Waals surface area (Å²) in [6.45, 7) is 21.2. The Morgan fingerprint density at radius 3 is 1.63 bits per heavy atom. The molecule has 1 heteroatoms. The molecule has 284 valence electrons. The van der Waals surface area contributed by atoms with Crippen LogP contribution in [0.15, 0.2) is 146 Å². The highest BCUT2D eigenvalue weighted by Gasteiger charge is 2.52. The highest BCUT2D eigenvalue weighted by Crippen LogP contribution is 2.64. The Hall–Kier alpha value is -5.40. The molecule has 10 rings (SSSR count). The van der Waals surface area contributed by atoms with Crippen molar-refractivity contribution in [2.75, 3.05) is 4.90 Å². The smallest absolute Gasteiger partial charge is 0.0726 e. The fourth-order valence-corrected chi connectivity index (χ4v) is 10.9. The van der Waals surface area contributed by atoms with E-state index in [1.165, 1.54) is 89.4 Å². The van der Waals surface area contributed by atoms with Crippen molar-refractivity contribution in [2.45, 2.75) is 96.3 Å². The zero-order chi connectivity index (χ0) is 39.6. The highest BCUT2D eigenvalue weighted by molar-refractivity contribution is 5.96. The van der Waals surface area contributed by atoms with Crippen molar-refractivity contribution >= 4 is 17.1 Å². The lowest BCUT2D eigenvalue weighted by atomic mass is 9.68. The standard InChI is InChI=1S/C56H55N/c1-10-35-19-23-38(24-20-35)57(39-25-29-43-41-15-11-13-17-47(41)55(8,9)49(43)33-39)40-26-30-46-42-16-12-14-18-48(42)56(52(46)34-40)50-31-36(53(2,3)4)21-27-44(50)45-28-22-37(32-51(45)56)54(5,6)7/h11-34,41,47H,10H2,1-9H3. The number of hydrogen-bond donors (Lipinski definition) is 0. The van der Waals surface area contributed by atoms with E-state index in [1.807, 2.05) is 0 Å². The highest BCUT2D eigenvalue weighted by atomic mass is 15.1. The molecule has 57 heavy (non-hydrogen) atoms. The Labute approximate surface area is 340 Å². The zero-order valence-electron chi connectivity index (χ0n) is 35.2. The van der Waals surface area contributed by atoms with Crippen LogP contribution in [0.25, 0.3) is 22.3 Å². The minimum atomic E-state index is -0.457. The molecule has 2 atom stereocenters. The lowest BCUT2D eigenvalue weighted by Gasteiger charge is -2.34. The molecule has 4 aliphatic carbocycles. The summed E-state index contributed by atoms with van der Waals surface area (Å²) in [5.74, 6) is 0.880. The minimum absolute atomic E-state index is 0.0102. The Morgan fingerprint density at radius 1 is 0.509 bits per heavy atom. The molecule has 0 aromatic heterocycles. The minimum Gasteiger partial charge on any atom is -0.310 e. The zero-order valence-corrected chi connectivity index (χ0v) is 35.2. The molecule has 4 aliphatic rings. The number of hydrogen-bond acceptors (Lipinski definition) is 1. The summed E-state index contributed by atoms with van der Waals surface area (Å²) in [6.07, 6.45) is 10.3. The summed E-state index contributed by atoms with van der Waals surface area (Å²) in [4.78, 5) is 2.52. The summed E-state index contributed by atoms with van der Waals surface area (Å²) >= 11 is 0. The first-order valence-electron chi connectivity index (χ1n) is 21.2. The van der Waals surface area contributed by atoms with Crippen LogP contribution in [0.4, 0.5) is 17.1 Å². The van der Waals surface area contributed by atoms with Crippen LogP contribution >= 0.6 is 0 Å². The third kappa shape index (κ3) is 5.13. The van der Waals surface area contributed by atoms with Gasteiger partial charge in [-0.1, -0.05) is 172 Å². The van der Waals surface area contributed by atoms with Gasteiger partial charge in [0.15, 0.2) is 0 Å². The van der Waals surface area contributed by atoms with E-state index in [1.54, 1.807) is 0 Å². The lowest BCUT2D eigenvalue weighted by Crippen LogP contribution is -2.27. The van der Waals surface area contributed by atoms with Gasteiger partial charge in [0.25, 0.3) is 0 Å². The van der Waals surface area contributed by atoms with E-state index in [2.05, 4.69) is 213 Å². The molecule has 0 aliphatic heterocycles. The number of allylic oxidation sites excluding steroid dienone is 4. The van der Waals surface area contributed by atoms with Crippen LogP contribution in [0.3, 0.4) is 0 Å². The van der Waals surface area contributed by atoms with E-state index in [0.717, 1.165) is 6.42 Å². The van der Waals surface area contributed by atoms with Gasteiger partial charge in [0.2, 0.25) is 0 Å². The van der Waals surface area contributed by atoms with Gasteiger partial charge < -0.3 is 4.90 Å². The van der Waals surface area contributed by atoms with Crippen LogP contribution in [0.1, 0.15) is 118 Å². The van der Waals surface area contributed by atoms with Crippen molar-refractivity contribution in [3.05, 3.63) is 196 Å². The first-order valence-corrected chi connectivity index (χ1v) is 21.2. The predicted octanol–water partition coefficient (Wildman–Crippen LogP) is 14.8. The fourth-order valence-electron chi connectivity index (χ4n) is 10.9. The van der Waals surface area contributed by atoms with E-state index >= 15 is 0 Å². The maximum atomic E-state index is 2.55. The van der Waals surface area contributed by atoms with Crippen LogP contribution in [-0.2, 0) is 28.1 Å². The summed E-state index contributed by atoms with van der Waals surface area (Å²) in [7, 11) is 0. The second kappa shape index (κ2) is 12.3. The molecule has 1 nitrogen and oxygen atoms in total. The van der Waals surface area contributed by atoms with Crippen molar-refractivity contribution < 1.29 is 0 Å². The Bertz CT molecular complexity index is 2600. The molecule has 0 heterocycles. The Kier molecular flexibility index (Phi) is 7.76. The molecule has 0 fully saturated rings. The van der Waals surface area contributed by atoms with Crippen molar-refractivity contribution in [1.29, 1.82) is 0 Å². The van der Waals surface area contributed by atoms with Crippen LogP contribution in [-0.4, -0.2) is 0 Å². The van der Waals surface area contributed by atoms with E-state index in [-0.39, 0.29) is 16.2 Å². The van der Waals surface area contributed by atoms with Gasteiger partial charge in [0.1, 0.15) is 0 Å². The van der Waals surface area contributed by atoms with E-state index in [0.29, 0.717) is 11.8 Å². The number of nitrogens with zero attached hydrogens (tertiary/aromatic N) is 1. The quantitative estimate of drug-likeness (QED) is 0.174. The second-order valence-electron chi connectivity index (χ2n) is 19.7. The SMILES string of the molecule is CCc1ccc(N(c2ccc3c(c2)C2(c4ccccc4-3)c3cc(C(C)(C)C)ccc3-c3ccc(C(C)(C)C)cc32)c2ccc3c(c2)C(C)(C)C2C=CC=CC32)cc1. The average Bonchev–Trinajstić information content (AvgIpc) is 3.75. The predicted molar refractivity (Wildman–Crippen MR) is 242 cm³/mol. The second-order valence-corrected chi connectivity index (χ2v) is 19.7. The summed E-state index contributed by atoms with van der Waals surface area (Å²) < 4.78 is 0. The first kappa shape index (κ1) is 36.0. The van der Waals surface area contributed by atoms with Gasteiger partial charge in [0.05, 0.1) is 5.41 Å². The van der Waals surface area contributed by atoms with Gasteiger partial charge in [0, 0.05) is 23.0 Å². The van der Waals surface area contributed by atoms with Gasteiger partial charge in [-0.3, -0.25) is 0 Å². The lowest BCUT2D eigenvalue weighted by molar-refractivity contribution is 0.394. The van der Waals surface area contributed by atoms with Gasteiger partial charge in [-0.25, -0.2) is 0 Å². The third-order valence-corrected chi connectivity index (χ3v) is 14.1. The van der Waals surface area contributed by atoms with Crippen LogP contribution in [0.2, 0.25) is 0 Å². The van der Waals surface area contributed by atoms with Crippen molar-refractivity contribution in [3.8, 4) is 22.3 Å². The number of anilines is 3. The van der Waals surface area contributed by atoms with E-state index in [9.17, 15) is 0 Å². The number of rotatable bonds is 4. The van der Waals surface area contributed by atoms with E-state index in [4.69, 9.17) is 0 Å². The summed E-state index contributed by atoms with van der Waals surface area (Å²) in [5, 5.41) is 0. The summed E-state index contributed by atoms with van der Waals surface area (Å²) in [5.41, 5.74) is 21.1. The molecule has 0 amide bonds. The number of aryl methyl sites for hydroxylation is 1. The molecule has 6 aromatic carbocycles. The largest absolute Gasteiger partial charge is 0.310 e. The fraction of sp³-hybridized carbons (Fsp3) is 0.286. The van der Waals surface area contributed by atoms with Crippen molar-refractivity contribution in [1.82, 2.24) is 0 Å². The maximum Gasteiger partial charge on any atom is 0.0726 e. The maximum absolute atomic E-state index is 2.55. The Morgan fingerprint density at radius 2 is 1.02 bits per heavy atom. The molecule has 2 unspecified atom stereocenters. The monoisotopic (exact) mass is 741 g/mol.